The van der Waals surface area contributed by atoms with Gasteiger partial charge in [0, 0.05) is 6.04 Å². The monoisotopic (exact) mass is 321 g/mol. The molecular weight excluding hydrogens is 298 g/mol. The summed E-state index contributed by atoms with van der Waals surface area (Å²) in [5.74, 6) is 1.21. The number of fused-ring (bicyclic) bond motifs is 2. The Labute approximate surface area is 137 Å². The molecule has 0 spiro atoms. The Kier molecular flexibility index (Phi) is 3.88. The van der Waals surface area contributed by atoms with Crippen LogP contribution in [0.4, 0.5) is 0 Å². The van der Waals surface area contributed by atoms with E-state index in [1.54, 1.807) is 12.1 Å². The second-order valence-corrected chi connectivity index (χ2v) is 7.86. The maximum Gasteiger partial charge on any atom is 0.258 e. The quantitative estimate of drug-likeness (QED) is 0.908. The third-order valence-corrected chi connectivity index (χ3v) is 6.64. The average Bonchev–Trinajstić information content (AvgIpc) is 2.80. The molecule has 22 heavy (non-hydrogen) atoms. The van der Waals surface area contributed by atoms with E-state index in [2.05, 4.69) is 26.1 Å². The molecule has 1 aromatic carbocycles. The van der Waals surface area contributed by atoms with Crippen molar-refractivity contribution >= 4 is 17.5 Å². The van der Waals surface area contributed by atoms with Gasteiger partial charge < -0.3 is 10.1 Å². The van der Waals surface area contributed by atoms with Crippen LogP contribution in [0.15, 0.2) is 24.3 Å². The fourth-order valence-corrected chi connectivity index (χ4v) is 4.55. The molecule has 3 rings (SSSR count). The van der Waals surface area contributed by atoms with Crippen molar-refractivity contribution in [2.45, 2.75) is 46.1 Å². The first kappa shape index (κ1) is 15.7. The lowest BCUT2D eigenvalue weighted by atomic mass is 9.69. The highest BCUT2D eigenvalue weighted by Gasteiger charge is 2.61. The molecule has 0 saturated heterocycles. The summed E-state index contributed by atoms with van der Waals surface area (Å²) in [5.41, 5.74) is 0.492. The van der Waals surface area contributed by atoms with Gasteiger partial charge in [-0.1, -0.05) is 44.5 Å². The number of para-hydroxylation sites is 1. The highest BCUT2D eigenvalue weighted by atomic mass is 35.5. The Morgan fingerprint density at radius 2 is 2.09 bits per heavy atom. The Morgan fingerprint density at radius 1 is 1.36 bits per heavy atom. The van der Waals surface area contributed by atoms with Gasteiger partial charge in [-0.3, -0.25) is 4.79 Å². The summed E-state index contributed by atoms with van der Waals surface area (Å²) in [6.07, 6.45) is 3.56. The molecule has 1 amide bonds. The van der Waals surface area contributed by atoms with E-state index in [-0.39, 0.29) is 24.0 Å². The fourth-order valence-electron chi connectivity index (χ4n) is 4.36. The number of hydrogen-bond acceptors (Lipinski definition) is 2. The molecule has 120 valence electrons. The topological polar surface area (TPSA) is 38.3 Å². The zero-order valence-electron chi connectivity index (χ0n) is 13.5. The summed E-state index contributed by atoms with van der Waals surface area (Å²) >= 11 is 6.03. The second kappa shape index (κ2) is 5.45. The predicted octanol–water partition coefficient (Wildman–Crippen LogP) is 4.05. The zero-order chi connectivity index (χ0) is 16.0. The summed E-state index contributed by atoms with van der Waals surface area (Å²) < 4.78 is 5.53. The molecular formula is C18H24ClNO2. The van der Waals surface area contributed by atoms with E-state index in [0.29, 0.717) is 22.1 Å². The molecule has 0 unspecified atom stereocenters. The fraction of sp³-hybridized carbons (Fsp3) is 0.611. The molecule has 0 radical (unpaired) electrons. The van der Waals surface area contributed by atoms with Crippen molar-refractivity contribution in [2.24, 2.45) is 16.7 Å². The van der Waals surface area contributed by atoms with Crippen molar-refractivity contribution in [3.05, 3.63) is 29.3 Å². The van der Waals surface area contributed by atoms with Crippen molar-refractivity contribution < 1.29 is 9.53 Å². The first-order valence-corrected chi connectivity index (χ1v) is 8.39. The largest absolute Gasteiger partial charge is 0.482 e. The van der Waals surface area contributed by atoms with Crippen LogP contribution < -0.4 is 10.1 Å². The van der Waals surface area contributed by atoms with Crippen LogP contribution >= 0.6 is 11.6 Å². The number of carbonyl (C=O) groups is 1. The molecule has 2 aliphatic rings. The number of rotatable bonds is 4. The Hall–Kier alpha value is -1.22. The molecule has 0 aliphatic heterocycles. The van der Waals surface area contributed by atoms with Crippen molar-refractivity contribution in [3.63, 3.8) is 0 Å². The van der Waals surface area contributed by atoms with Crippen LogP contribution in [-0.2, 0) is 4.79 Å². The van der Waals surface area contributed by atoms with Crippen LogP contribution in [0, 0.1) is 16.7 Å². The van der Waals surface area contributed by atoms with Crippen LogP contribution in [0.3, 0.4) is 0 Å². The molecule has 4 heteroatoms. The first-order valence-electron chi connectivity index (χ1n) is 8.01. The predicted molar refractivity (Wildman–Crippen MR) is 88.1 cm³/mol. The summed E-state index contributed by atoms with van der Waals surface area (Å²) in [6.45, 7) is 7.02. The number of hydrogen-bond donors (Lipinski definition) is 1. The van der Waals surface area contributed by atoms with Gasteiger partial charge in [0.25, 0.3) is 5.91 Å². The third kappa shape index (κ3) is 2.40. The number of carbonyl (C=O) groups excluding carboxylic acids is 1. The summed E-state index contributed by atoms with van der Waals surface area (Å²) in [7, 11) is 0. The van der Waals surface area contributed by atoms with Gasteiger partial charge in [-0.2, -0.15) is 0 Å². The molecule has 2 aliphatic carbocycles. The van der Waals surface area contributed by atoms with Crippen molar-refractivity contribution in [1.29, 1.82) is 0 Å². The first-order chi connectivity index (χ1) is 10.3. The number of nitrogens with one attached hydrogen (secondary N) is 1. The van der Waals surface area contributed by atoms with E-state index in [0.717, 1.165) is 6.42 Å². The van der Waals surface area contributed by atoms with Gasteiger partial charge in [0.15, 0.2) is 6.61 Å². The van der Waals surface area contributed by atoms with Gasteiger partial charge >= 0.3 is 0 Å². The van der Waals surface area contributed by atoms with Crippen LogP contribution in [0.2, 0.25) is 5.02 Å². The maximum atomic E-state index is 12.2. The minimum absolute atomic E-state index is 0.0153. The van der Waals surface area contributed by atoms with Gasteiger partial charge in [-0.15, -0.1) is 0 Å². The zero-order valence-corrected chi connectivity index (χ0v) is 14.2. The van der Waals surface area contributed by atoms with Gasteiger partial charge in [0.1, 0.15) is 5.75 Å². The van der Waals surface area contributed by atoms with Crippen LogP contribution in [-0.4, -0.2) is 18.6 Å². The number of amides is 1. The third-order valence-electron chi connectivity index (χ3n) is 6.32. The van der Waals surface area contributed by atoms with Crippen LogP contribution in [0.5, 0.6) is 5.75 Å². The van der Waals surface area contributed by atoms with E-state index in [1.807, 2.05) is 12.1 Å². The van der Waals surface area contributed by atoms with Gasteiger partial charge in [-0.05, 0) is 48.1 Å². The van der Waals surface area contributed by atoms with Crippen LogP contribution in [0.1, 0.15) is 40.0 Å². The highest BCUT2D eigenvalue weighted by molar-refractivity contribution is 6.32. The van der Waals surface area contributed by atoms with Crippen LogP contribution in [0.25, 0.3) is 0 Å². The summed E-state index contributed by atoms with van der Waals surface area (Å²) in [5, 5.41) is 3.72. The van der Waals surface area contributed by atoms with Gasteiger partial charge in [-0.25, -0.2) is 0 Å². The van der Waals surface area contributed by atoms with E-state index < -0.39 is 0 Å². The normalized spacial score (nSPS) is 32.0. The minimum Gasteiger partial charge on any atom is -0.482 e. The summed E-state index contributed by atoms with van der Waals surface area (Å²) in [4.78, 5) is 12.2. The molecule has 0 heterocycles. The average molecular weight is 322 g/mol. The molecule has 1 aromatic rings. The van der Waals surface area contributed by atoms with E-state index in [4.69, 9.17) is 16.3 Å². The molecule has 2 saturated carbocycles. The number of benzene rings is 1. The molecule has 3 nitrogen and oxygen atoms in total. The van der Waals surface area contributed by atoms with E-state index in [1.165, 1.54) is 12.8 Å². The highest BCUT2D eigenvalue weighted by Crippen LogP contribution is 2.65. The molecule has 2 fully saturated rings. The van der Waals surface area contributed by atoms with Gasteiger partial charge in [0.2, 0.25) is 0 Å². The molecule has 2 bridgehead atoms. The van der Waals surface area contributed by atoms with E-state index >= 15 is 0 Å². The van der Waals surface area contributed by atoms with E-state index in [9.17, 15) is 4.79 Å². The molecule has 3 atom stereocenters. The molecule has 1 N–H and O–H groups in total. The standard InChI is InChI=1S/C18H24ClNO2/c1-17(2)12-8-9-18(17,3)15(10-12)20-16(21)11-22-14-7-5-4-6-13(14)19/h4-7,12,15H,8-11H2,1-3H3,(H,20,21)/t12-,15-,18-/m1/s1. The SMILES string of the molecule is CC1(C)[C@@H]2CC[C@]1(C)[C@H](NC(=O)COc1ccccc1Cl)C2. The smallest absolute Gasteiger partial charge is 0.258 e. The lowest BCUT2D eigenvalue weighted by Gasteiger charge is -2.39. The second-order valence-electron chi connectivity index (χ2n) is 7.45. The lowest BCUT2D eigenvalue weighted by molar-refractivity contribution is -0.124. The summed E-state index contributed by atoms with van der Waals surface area (Å²) in [6, 6.07) is 7.47. The van der Waals surface area contributed by atoms with Crippen molar-refractivity contribution in [3.8, 4) is 5.75 Å². The van der Waals surface area contributed by atoms with Crippen molar-refractivity contribution in [1.82, 2.24) is 5.32 Å². The number of ether oxygens (including phenoxy) is 1. The Bertz CT molecular complexity index is 586. The minimum atomic E-state index is -0.0607. The van der Waals surface area contributed by atoms with Gasteiger partial charge in [0.05, 0.1) is 5.02 Å². The Balaban J connectivity index is 1.59. The maximum absolute atomic E-state index is 12.2. The van der Waals surface area contributed by atoms with Crippen molar-refractivity contribution in [2.75, 3.05) is 6.61 Å². The number of halogens is 1. The molecule has 0 aromatic heterocycles. The Morgan fingerprint density at radius 3 is 2.68 bits per heavy atom. The lowest BCUT2D eigenvalue weighted by Crippen LogP contribution is -2.48.